The third kappa shape index (κ3) is 1.18. The molecule has 0 aromatic carbocycles. The van der Waals surface area contributed by atoms with Gasteiger partial charge < -0.3 is 11.1 Å². The Morgan fingerprint density at radius 3 is 2.69 bits per heavy atom. The molecular formula is C10H12N6. The molecule has 0 unspecified atom stereocenters. The molecule has 0 amide bonds. The van der Waals surface area contributed by atoms with Crippen molar-refractivity contribution in [3.8, 4) is 6.07 Å². The van der Waals surface area contributed by atoms with E-state index < -0.39 is 0 Å². The molecule has 0 radical (unpaired) electrons. The molecule has 0 aliphatic carbocycles. The molecule has 0 bridgehead atoms. The van der Waals surface area contributed by atoms with Crippen molar-refractivity contribution in [2.24, 2.45) is 0 Å². The molecule has 2 aromatic rings. The number of anilines is 2. The first-order valence-electron chi connectivity index (χ1n) is 4.83. The zero-order valence-corrected chi connectivity index (χ0v) is 9.37. The van der Waals surface area contributed by atoms with E-state index in [1.165, 1.54) is 4.52 Å². The lowest BCUT2D eigenvalue weighted by molar-refractivity contribution is 0.926. The molecule has 0 saturated carbocycles. The largest absolute Gasteiger partial charge is 0.382 e. The van der Waals surface area contributed by atoms with Crippen molar-refractivity contribution in [1.82, 2.24) is 14.6 Å². The Morgan fingerprint density at radius 1 is 1.44 bits per heavy atom. The van der Waals surface area contributed by atoms with Gasteiger partial charge in [0.15, 0.2) is 5.65 Å². The molecule has 0 fully saturated rings. The van der Waals surface area contributed by atoms with E-state index in [0.29, 0.717) is 22.8 Å². The highest BCUT2D eigenvalue weighted by Gasteiger charge is 2.15. The summed E-state index contributed by atoms with van der Waals surface area (Å²) in [5, 5.41) is 16.1. The van der Waals surface area contributed by atoms with Crippen LogP contribution < -0.4 is 11.1 Å². The van der Waals surface area contributed by atoms with Crippen molar-refractivity contribution in [2.75, 3.05) is 18.1 Å². The molecule has 6 nitrogen and oxygen atoms in total. The maximum atomic E-state index is 9.01. The van der Waals surface area contributed by atoms with Crippen LogP contribution in [0.4, 0.5) is 11.6 Å². The second-order valence-electron chi connectivity index (χ2n) is 3.53. The number of hydrogen-bond donors (Lipinski definition) is 2. The van der Waals surface area contributed by atoms with E-state index in [1.807, 2.05) is 19.9 Å². The van der Waals surface area contributed by atoms with Gasteiger partial charge in [0.2, 0.25) is 0 Å². The third-order valence-corrected chi connectivity index (χ3v) is 2.62. The van der Waals surface area contributed by atoms with Gasteiger partial charge in [-0.3, -0.25) is 0 Å². The molecular weight excluding hydrogens is 204 g/mol. The summed E-state index contributed by atoms with van der Waals surface area (Å²) >= 11 is 0. The fourth-order valence-corrected chi connectivity index (χ4v) is 1.57. The lowest BCUT2D eigenvalue weighted by Crippen LogP contribution is -2.07. The van der Waals surface area contributed by atoms with Gasteiger partial charge >= 0.3 is 0 Å². The first kappa shape index (κ1) is 10.2. The highest BCUT2D eigenvalue weighted by molar-refractivity contribution is 5.69. The van der Waals surface area contributed by atoms with Crippen LogP contribution >= 0.6 is 0 Å². The summed E-state index contributed by atoms with van der Waals surface area (Å²) in [4.78, 5) is 4.33. The van der Waals surface area contributed by atoms with Gasteiger partial charge in [0.25, 0.3) is 0 Å². The summed E-state index contributed by atoms with van der Waals surface area (Å²) in [6.45, 7) is 3.81. The number of nitrogen functional groups attached to an aromatic ring is 1. The molecule has 0 saturated heterocycles. The maximum absolute atomic E-state index is 9.01. The van der Waals surface area contributed by atoms with Crippen molar-refractivity contribution in [3.63, 3.8) is 0 Å². The predicted molar refractivity (Wildman–Crippen MR) is 61.1 cm³/mol. The van der Waals surface area contributed by atoms with Crippen LogP contribution in [0.25, 0.3) is 5.65 Å². The zero-order valence-electron chi connectivity index (χ0n) is 9.37. The molecule has 3 N–H and O–H groups in total. The van der Waals surface area contributed by atoms with E-state index in [9.17, 15) is 0 Å². The second-order valence-corrected chi connectivity index (χ2v) is 3.53. The summed E-state index contributed by atoms with van der Waals surface area (Å²) in [5.41, 5.74) is 8.71. The van der Waals surface area contributed by atoms with Crippen LogP contribution in [0.3, 0.4) is 0 Å². The van der Waals surface area contributed by atoms with Crippen LogP contribution in [-0.2, 0) is 0 Å². The Morgan fingerprint density at radius 2 is 2.12 bits per heavy atom. The van der Waals surface area contributed by atoms with Crippen LogP contribution in [0.15, 0.2) is 0 Å². The maximum Gasteiger partial charge on any atom is 0.162 e. The van der Waals surface area contributed by atoms with Crippen LogP contribution in [0, 0.1) is 25.2 Å². The van der Waals surface area contributed by atoms with E-state index in [4.69, 9.17) is 11.0 Å². The van der Waals surface area contributed by atoms with Crippen molar-refractivity contribution in [3.05, 3.63) is 16.8 Å². The molecule has 16 heavy (non-hydrogen) atoms. The zero-order chi connectivity index (χ0) is 11.9. The lowest BCUT2D eigenvalue weighted by Gasteiger charge is -2.06. The normalized spacial score (nSPS) is 10.4. The monoisotopic (exact) mass is 216 g/mol. The van der Waals surface area contributed by atoms with E-state index in [0.717, 1.165) is 11.3 Å². The molecule has 2 aromatic heterocycles. The number of nitrogens with one attached hydrogen (secondary N) is 1. The van der Waals surface area contributed by atoms with Crippen LogP contribution in [0.1, 0.15) is 16.8 Å². The van der Waals surface area contributed by atoms with Crippen LogP contribution in [-0.4, -0.2) is 21.6 Å². The van der Waals surface area contributed by atoms with Crippen molar-refractivity contribution in [2.45, 2.75) is 13.8 Å². The molecule has 0 atom stereocenters. The standard InChI is InChI=1S/C10H12N6/c1-5-6(2)15-16-8(12)7(4-11)9(13-3)14-10(5)16/h12H2,1-3H3,(H,13,14). The average molecular weight is 216 g/mol. The third-order valence-electron chi connectivity index (χ3n) is 2.62. The molecule has 6 heteroatoms. The molecule has 0 spiro atoms. The Labute approximate surface area is 92.7 Å². The van der Waals surface area contributed by atoms with E-state index in [1.54, 1.807) is 7.05 Å². The molecule has 2 heterocycles. The molecule has 0 aliphatic heterocycles. The minimum absolute atomic E-state index is 0.313. The molecule has 2 rings (SSSR count). The number of nitriles is 1. The number of rotatable bonds is 1. The molecule has 82 valence electrons. The van der Waals surface area contributed by atoms with Gasteiger partial charge in [0.05, 0.1) is 5.69 Å². The quantitative estimate of drug-likeness (QED) is 0.737. The minimum Gasteiger partial charge on any atom is -0.382 e. The first-order valence-corrected chi connectivity index (χ1v) is 4.83. The number of fused-ring (bicyclic) bond motifs is 1. The number of hydrogen-bond acceptors (Lipinski definition) is 5. The Hall–Kier alpha value is -2.29. The minimum atomic E-state index is 0.313. The first-order chi connectivity index (χ1) is 7.60. The number of aromatic nitrogens is 3. The highest BCUT2D eigenvalue weighted by Crippen LogP contribution is 2.23. The van der Waals surface area contributed by atoms with Crippen molar-refractivity contribution in [1.29, 1.82) is 5.26 Å². The van der Waals surface area contributed by atoms with E-state index in [2.05, 4.69) is 15.4 Å². The van der Waals surface area contributed by atoms with Gasteiger partial charge in [-0.1, -0.05) is 0 Å². The van der Waals surface area contributed by atoms with E-state index >= 15 is 0 Å². The average Bonchev–Trinajstić information content (AvgIpc) is 2.56. The van der Waals surface area contributed by atoms with Gasteiger partial charge in [0, 0.05) is 12.6 Å². The van der Waals surface area contributed by atoms with Crippen LogP contribution in [0.2, 0.25) is 0 Å². The van der Waals surface area contributed by atoms with Gasteiger partial charge in [-0.25, -0.2) is 4.98 Å². The van der Waals surface area contributed by atoms with Crippen LogP contribution in [0.5, 0.6) is 0 Å². The smallest absolute Gasteiger partial charge is 0.162 e. The van der Waals surface area contributed by atoms with Crippen molar-refractivity contribution < 1.29 is 0 Å². The predicted octanol–water partition coefficient (Wildman–Crippen LogP) is 0.842. The fraction of sp³-hybridized carbons (Fsp3) is 0.300. The lowest BCUT2D eigenvalue weighted by atomic mass is 10.2. The fourth-order valence-electron chi connectivity index (χ4n) is 1.57. The summed E-state index contributed by atoms with van der Waals surface area (Å²) < 4.78 is 1.50. The Bertz CT molecular complexity index is 604. The van der Waals surface area contributed by atoms with Gasteiger partial charge in [-0.15, -0.1) is 0 Å². The van der Waals surface area contributed by atoms with Gasteiger partial charge in [0.1, 0.15) is 23.3 Å². The summed E-state index contributed by atoms with van der Waals surface area (Å²) in [5.74, 6) is 0.795. The topological polar surface area (TPSA) is 92.0 Å². The summed E-state index contributed by atoms with van der Waals surface area (Å²) in [6.07, 6.45) is 0. The highest BCUT2D eigenvalue weighted by atomic mass is 15.3. The number of nitrogens with zero attached hydrogens (tertiary/aromatic N) is 4. The Balaban J connectivity index is 2.94. The van der Waals surface area contributed by atoms with Gasteiger partial charge in [-0.2, -0.15) is 14.9 Å². The van der Waals surface area contributed by atoms with E-state index in [-0.39, 0.29) is 0 Å². The molecule has 0 aliphatic rings. The Kier molecular flexibility index (Phi) is 2.16. The SMILES string of the molecule is CNc1nc2c(C)c(C)nn2c(N)c1C#N. The number of aryl methyl sites for hydroxylation is 2. The second kappa shape index (κ2) is 3.38. The van der Waals surface area contributed by atoms with Crippen molar-refractivity contribution >= 4 is 17.3 Å². The number of nitrogens with two attached hydrogens (primary N) is 1. The summed E-state index contributed by atoms with van der Waals surface area (Å²) in [7, 11) is 1.71. The summed E-state index contributed by atoms with van der Waals surface area (Å²) in [6, 6.07) is 2.02. The van der Waals surface area contributed by atoms with Gasteiger partial charge in [-0.05, 0) is 13.8 Å².